The van der Waals surface area contributed by atoms with E-state index >= 15 is 0 Å². The molecule has 0 radical (unpaired) electrons. The number of rotatable bonds is 6. The summed E-state index contributed by atoms with van der Waals surface area (Å²) in [6.45, 7) is 3.96. The minimum atomic E-state index is -0.736. The van der Waals surface area contributed by atoms with Crippen LogP contribution >= 0.6 is 0 Å². The lowest BCUT2D eigenvalue weighted by Crippen LogP contribution is -2.40. The third-order valence-electron chi connectivity index (χ3n) is 8.85. The highest BCUT2D eigenvalue weighted by atomic mass is 16.5. The van der Waals surface area contributed by atoms with E-state index in [2.05, 4.69) is 0 Å². The average molecular weight is 554 g/mol. The van der Waals surface area contributed by atoms with Crippen molar-refractivity contribution in [1.82, 2.24) is 4.90 Å². The van der Waals surface area contributed by atoms with Gasteiger partial charge in [0.2, 0.25) is 11.8 Å². The van der Waals surface area contributed by atoms with Gasteiger partial charge in [0, 0.05) is 34.7 Å². The first-order valence-corrected chi connectivity index (χ1v) is 14.0. The van der Waals surface area contributed by atoms with Gasteiger partial charge in [-0.2, -0.15) is 0 Å². The number of allylic oxidation sites excluding steroid dienone is 6. The summed E-state index contributed by atoms with van der Waals surface area (Å²) in [5.74, 6) is -3.13. The highest BCUT2D eigenvalue weighted by Gasteiger charge is 2.56. The van der Waals surface area contributed by atoms with E-state index in [0.29, 0.717) is 41.7 Å². The zero-order valence-electron chi connectivity index (χ0n) is 22.9. The molecular formula is C33H31NO7. The molecule has 0 bridgehead atoms. The number of hydrogen-bond acceptors (Lipinski definition) is 7. The van der Waals surface area contributed by atoms with Crippen molar-refractivity contribution in [3.63, 3.8) is 0 Å². The number of benzene rings is 2. The Morgan fingerprint density at radius 2 is 1.73 bits per heavy atom. The Bertz CT molecular complexity index is 1580. The number of carbonyl (C=O) groups is 4. The molecule has 1 aliphatic heterocycles. The van der Waals surface area contributed by atoms with E-state index in [0.717, 1.165) is 11.1 Å². The molecule has 4 aliphatic rings. The highest BCUT2D eigenvalue weighted by Crippen LogP contribution is 2.56. The van der Waals surface area contributed by atoms with Crippen molar-refractivity contribution in [3.05, 3.63) is 88.0 Å². The lowest BCUT2D eigenvalue weighted by atomic mass is 9.59. The Morgan fingerprint density at radius 1 is 0.976 bits per heavy atom. The molecule has 8 nitrogen and oxygen atoms in total. The fourth-order valence-corrected chi connectivity index (χ4v) is 6.97. The molecule has 2 aromatic carbocycles. The molecule has 1 heterocycles. The van der Waals surface area contributed by atoms with Crippen molar-refractivity contribution in [2.24, 2.45) is 17.8 Å². The molecular weight excluding hydrogens is 522 g/mol. The number of likely N-dealkylation sites (tertiary alicyclic amines) is 1. The van der Waals surface area contributed by atoms with Crippen molar-refractivity contribution >= 4 is 23.4 Å². The molecule has 210 valence electrons. The van der Waals surface area contributed by atoms with Crippen LogP contribution in [0.25, 0.3) is 0 Å². The summed E-state index contributed by atoms with van der Waals surface area (Å²) < 4.78 is 5.62. The van der Waals surface area contributed by atoms with Crippen LogP contribution in [-0.2, 0) is 25.6 Å². The van der Waals surface area contributed by atoms with Crippen molar-refractivity contribution in [2.75, 3.05) is 13.2 Å². The SMILES string of the molecule is CCOc1cccc([C@H]2C3=CC[C@@H]4C(=O)N(CCc5ccc(O)cc5)C(=O)[C@@H]4[C@@H]3CC3=C2C(=O)C=C(C)C3=O)c1O. The summed E-state index contributed by atoms with van der Waals surface area (Å²) in [7, 11) is 0. The summed E-state index contributed by atoms with van der Waals surface area (Å²) in [6.07, 6.45) is 4.25. The van der Waals surface area contributed by atoms with Crippen LogP contribution in [0.2, 0.25) is 0 Å². The maximum Gasteiger partial charge on any atom is 0.233 e. The Balaban J connectivity index is 1.40. The second-order valence-electron chi connectivity index (χ2n) is 11.1. The van der Waals surface area contributed by atoms with Gasteiger partial charge in [-0.15, -0.1) is 0 Å². The molecule has 0 aromatic heterocycles. The van der Waals surface area contributed by atoms with Gasteiger partial charge < -0.3 is 14.9 Å². The van der Waals surface area contributed by atoms with Crippen LogP contribution < -0.4 is 4.74 Å². The van der Waals surface area contributed by atoms with Crippen molar-refractivity contribution in [3.8, 4) is 17.2 Å². The van der Waals surface area contributed by atoms with E-state index in [1.165, 1.54) is 11.0 Å². The molecule has 2 amide bonds. The van der Waals surface area contributed by atoms with E-state index in [-0.39, 0.29) is 53.6 Å². The predicted octanol–water partition coefficient (Wildman–Crippen LogP) is 4.17. The van der Waals surface area contributed by atoms with Gasteiger partial charge >= 0.3 is 0 Å². The van der Waals surface area contributed by atoms with Gasteiger partial charge in [0.05, 0.1) is 18.4 Å². The van der Waals surface area contributed by atoms with Crippen molar-refractivity contribution in [2.45, 2.75) is 39.0 Å². The molecule has 2 aromatic rings. The first-order chi connectivity index (χ1) is 19.7. The van der Waals surface area contributed by atoms with Crippen LogP contribution in [0.4, 0.5) is 0 Å². The van der Waals surface area contributed by atoms with Gasteiger partial charge in [0.15, 0.2) is 23.1 Å². The summed E-state index contributed by atoms with van der Waals surface area (Å²) >= 11 is 0. The third-order valence-corrected chi connectivity index (χ3v) is 8.85. The van der Waals surface area contributed by atoms with Gasteiger partial charge in [0.25, 0.3) is 0 Å². The van der Waals surface area contributed by atoms with E-state index in [4.69, 9.17) is 4.74 Å². The van der Waals surface area contributed by atoms with Crippen LogP contribution in [0.5, 0.6) is 17.2 Å². The Labute approximate surface area is 237 Å². The molecule has 8 heteroatoms. The van der Waals surface area contributed by atoms with Crippen LogP contribution in [0.1, 0.15) is 43.7 Å². The molecule has 6 rings (SSSR count). The maximum absolute atomic E-state index is 13.9. The standard InChI is InChI=1S/C33H31NO7/c1-3-41-26-6-4-5-21(31(26)38)27-20-11-12-22-28(23(20)16-24-29(27)25(36)15-17(2)30(24)37)33(40)34(32(22)39)14-13-18-7-9-19(35)10-8-18/h4-11,15,22-23,27-28,35,38H,3,12-14,16H2,1-2H3/t22-,23+,27+,28-/m0/s1. The predicted molar refractivity (Wildman–Crippen MR) is 149 cm³/mol. The zero-order chi connectivity index (χ0) is 29.0. The highest BCUT2D eigenvalue weighted by molar-refractivity contribution is 6.23. The van der Waals surface area contributed by atoms with Gasteiger partial charge in [-0.05, 0) is 68.9 Å². The van der Waals surface area contributed by atoms with Gasteiger partial charge in [0.1, 0.15) is 5.75 Å². The number of nitrogens with zero attached hydrogens (tertiary/aromatic N) is 1. The van der Waals surface area contributed by atoms with E-state index in [1.807, 2.05) is 6.08 Å². The Hall–Kier alpha value is -4.46. The quantitative estimate of drug-likeness (QED) is 0.313. The van der Waals surface area contributed by atoms with Crippen LogP contribution in [0, 0.1) is 17.8 Å². The topological polar surface area (TPSA) is 121 Å². The molecule has 3 aliphatic carbocycles. The normalized spacial score (nSPS) is 25.5. The number of phenolic OH excluding ortho intramolecular Hbond substituents is 2. The fraction of sp³-hybridized carbons (Fsp3) is 0.333. The average Bonchev–Trinajstić information content (AvgIpc) is 3.20. The third kappa shape index (κ3) is 4.29. The summed E-state index contributed by atoms with van der Waals surface area (Å²) in [4.78, 5) is 55.6. The molecule has 1 saturated heterocycles. The zero-order valence-corrected chi connectivity index (χ0v) is 22.9. The van der Waals surface area contributed by atoms with Gasteiger partial charge in [-0.25, -0.2) is 0 Å². The number of para-hydroxylation sites is 1. The first-order valence-electron chi connectivity index (χ1n) is 14.0. The molecule has 1 fully saturated rings. The van der Waals surface area contributed by atoms with E-state index < -0.39 is 23.7 Å². The number of aromatic hydroxyl groups is 2. The molecule has 0 saturated carbocycles. The summed E-state index contributed by atoms with van der Waals surface area (Å²) in [5, 5.41) is 20.8. The number of carbonyl (C=O) groups excluding carboxylic acids is 4. The maximum atomic E-state index is 13.9. The molecule has 0 unspecified atom stereocenters. The number of imide groups is 1. The summed E-state index contributed by atoms with van der Waals surface area (Å²) in [5.41, 5.74) is 3.13. The van der Waals surface area contributed by atoms with E-state index in [1.54, 1.807) is 56.3 Å². The number of phenols is 2. The minimum Gasteiger partial charge on any atom is -0.508 e. The smallest absolute Gasteiger partial charge is 0.233 e. The van der Waals surface area contributed by atoms with Crippen molar-refractivity contribution < 1.29 is 34.1 Å². The molecule has 41 heavy (non-hydrogen) atoms. The molecule has 2 N–H and O–H groups in total. The molecule has 0 spiro atoms. The number of Topliss-reactive ketones (excluding diaryl/α,β-unsaturated/α-hetero) is 1. The lowest BCUT2D eigenvalue weighted by Gasteiger charge is -2.42. The second kappa shape index (κ2) is 10.2. The van der Waals surface area contributed by atoms with Gasteiger partial charge in [-0.3, -0.25) is 24.1 Å². The largest absolute Gasteiger partial charge is 0.508 e. The Morgan fingerprint density at radius 3 is 2.46 bits per heavy atom. The van der Waals surface area contributed by atoms with Crippen LogP contribution in [-0.4, -0.2) is 51.6 Å². The fourth-order valence-electron chi connectivity index (χ4n) is 6.97. The van der Waals surface area contributed by atoms with Gasteiger partial charge in [-0.1, -0.05) is 35.9 Å². The number of amides is 2. The summed E-state index contributed by atoms with van der Waals surface area (Å²) in [6, 6.07) is 11.8. The van der Waals surface area contributed by atoms with Crippen molar-refractivity contribution in [1.29, 1.82) is 0 Å². The van der Waals surface area contributed by atoms with Crippen LogP contribution in [0.3, 0.4) is 0 Å². The van der Waals surface area contributed by atoms with E-state index in [9.17, 15) is 29.4 Å². The molecule has 4 atom stereocenters. The second-order valence-corrected chi connectivity index (χ2v) is 11.1. The number of hydrogen-bond donors (Lipinski definition) is 2. The number of fused-ring (bicyclic) bond motifs is 3. The Kier molecular flexibility index (Phi) is 6.64. The number of ether oxygens (including phenoxy) is 1. The van der Waals surface area contributed by atoms with Crippen LogP contribution in [0.15, 0.2) is 76.9 Å². The lowest BCUT2D eigenvalue weighted by molar-refractivity contribution is -0.140. The first kappa shape index (κ1) is 26.7. The number of ketones is 2. The monoisotopic (exact) mass is 553 g/mol. The minimum absolute atomic E-state index is 0.106.